The lowest BCUT2D eigenvalue weighted by atomic mass is 10.0. The summed E-state index contributed by atoms with van der Waals surface area (Å²) in [5.74, 6) is 13.8. The molecular formula is C46H60N4. The molecule has 3 aromatic rings. The van der Waals surface area contributed by atoms with E-state index >= 15 is 0 Å². The van der Waals surface area contributed by atoms with Crippen molar-refractivity contribution in [1.82, 2.24) is 4.98 Å². The van der Waals surface area contributed by atoms with Crippen LogP contribution in [0.3, 0.4) is 0 Å². The Morgan fingerprint density at radius 1 is 0.620 bits per heavy atom. The van der Waals surface area contributed by atoms with E-state index in [-0.39, 0.29) is 0 Å². The van der Waals surface area contributed by atoms with Gasteiger partial charge in [-0.05, 0) is 126 Å². The van der Waals surface area contributed by atoms with Crippen molar-refractivity contribution in [2.75, 3.05) is 36.0 Å². The molecule has 2 heterocycles. The fourth-order valence-electron chi connectivity index (χ4n) is 6.59. The summed E-state index contributed by atoms with van der Waals surface area (Å²) < 4.78 is 0. The Balaban J connectivity index is 1.54. The third kappa shape index (κ3) is 9.85. The van der Waals surface area contributed by atoms with E-state index in [0.717, 1.165) is 87.9 Å². The largest absolute Gasteiger partial charge is 0.372 e. The number of anilines is 2. The number of H-pyrrole nitrogens is 1. The first kappa shape index (κ1) is 38.4. The van der Waals surface area contributed by atoms with E-state index in [2.05, 4.69) is 149 Å². The van der Waals surface area contributed by atoms with E-state index in [1.165, 1.54) is 62.7 Å². The lowest BCUT2D eigenvalue weighted by Crippen LogP contribution is -2.25. The maximum atomic E-state index is 5.02. The van der Waals surface area contributed by atoms with Crippen molar-refractivity contribution >= 4 is 22.7 Å². The van der Waals surface area contributed by atoms with Crippen molar-refractivity contribution in [3.05, 3.63) is 99.0 Å². The molecule has 0 bridgehead atoms. The highest BCUT2D eigenvalue weighted by molar-refractivity contribution is 6.08. The molecule has 0 spiro atoms. The summed E-state index contributed by atoms with van der Waals surface area (Å²) in [6.45, 7) is 24.1. The van der Waals surface area contributed by atoms with Gasteiger partial charge in [0.25, 0.3) is 0 Å². The number of aryl methyl sites for hydroxylation is 1. The zero-order valence-electron chi connectivity index (χ0n) is 32.4. The average Bonchev–Trinajstić information content (AvgIpc) is 3.58. The topological polar surface area (TPSA) is 34.6 Å². The van der Waals surface area contributed by atoms with E-state index in [0.29, 0.717) is 0 Å². The summed E-state index contributed by atoms with van der Waals surface area (Å²) in [4.78, 5) is 13.7. The molecule has 2 aromatic carbocycles. The fourth-order valence-corrected chi connectivity index (χ4v) is 6.59. The maximum absolute atomic E-state index is 5.02. The molecule has 50 heavy (non-hydrogen) atoms. The van der Waals surface area contributed by atoms with Crippen LogP contribution in [0.5, 0.6) is 0 Å². The van der Waals surface area contributed by atoms with E-state index in [1.54, 1.807) is 0 Å². The van der Waals surface area contributed by atoms with Crippen molar-refractivity contribution in [3.63, 3.8) is 0 Å². The van der Waals surface area contributed by atoms with Crippen LogP contribution in [0, 0.1) is 37.5 Å². The smallest absolute Gasteiger partial charge is 0.0725 e. The van der Waals surface area contributed by atoms with Gasteiger partial charge in [-0.1, -0.05) is 77.1 Å². The van der Waals surface area contributed by atoms with Gasteiger partial charge >= 0.3 is 0 Å². The number of aliphatic imine (C=N–C) groups is 1. The Kier molecular flexibility index (Phi) is 14.7. The number of aromatic amines is 1. The summed E-state index contributed by atoms with van der Waals surface area (Å²) in [6.07, 6.45) is 9.72. The van der Waals surface area contributed by atoms with Gasteiger partial charge in [-0.15, -0.1) is 0 Å². The maximum Gasteiger partial charge on any atom is 0.0725 e. The molecule has 1 aliphatic heterocycles. The van der Waals surface area contributed by atoms with Crippen LogP contribution in [0.15, 0.2) is 70.4 Å². The lowest BCUT2D eigenvalue weighted by Gasteiger charge is -2.24. The van der Waals surface area contributed by atoms with Crippen LogP contribution >= 0.6 is 0 Å². The second-order valence-corrected chi connectivity index (χ2v) is 13.8. The molecule has 1 N–H and O–H groups in total. The number of hydrogen-bond donors (Lipinski definition) is 1. The van der Waals surface area contributed by atoms with E-state index in [4.69, 9.17) is 4.99 Å². The number of hydrogen-bond acceptors (Lipinski definition) is 3. The zero-order chi connectivity index (χ0) is 36.0. The Morgan fingerprint density at radius 2 is 1.06 bits per heavy atom. The molecule has 1 aromatic heterocycles. The first-order valence-corrected chi connectivity index (χ1v) is 19.1. The molecule has 4 heteroatoms. The van der Waals surface area contributed by atoms with Gasteiger partial charge < -0.3 is 14.8 Å². The predicted molar refractivity (Wildman–Crippen MR) is 218 cm³/mol. The van der Waals surface area contributed by atoms with Gasteiger partial charge in [0.1, 0.15) is 0 Å². The molecule has 0 atom stereocenters. The first-order chi connectivity index (χ1) is 24.2. The van der Waals surface area contributed by atoms with Gasteiger partial charge in [0.05, 0.1) is 17.0 Å². The van der Waals surface area contributed by atoms with Crippen LogP contribution in [-0.2, 0) is 0 Å². The highest BCUT2D eigenvalue weighted by atomic mass is 15.1. The zero-order valence-corrected chi connectivity index (χ0v) is 32.4. The van der Waals surface area contributed by atoms with Gasteiger partial charge in [-0.3, -0.25) is 4.99 Å². The van der Waals surface area contributed by atoms with E-state index in [1.807, 2.05) is 0 Å². The molecule has 0 amide bonds. The van der Waals surface area contributed by atoms with Crippen molar-refractivity contribution < 1.29 is 0 Å². The number of benzene rings is 2. The van der Waals surface area contributed by atoms with Gasteiger partial charge in [-0.2, -0.15) is 0 Å². The van der Waals surface area contributed by atoms with Crippen molar-refractivity contribution in [2.24, 2.45) is 4.99 Å². The minimum absolute atomic E-state index is 0.971. The van der Waals surface area contributed by atoms with Crippen LogP contribution in [0.4, 0.5) is 11.4 Å². The highest BCUT2D eigenvalue weighted by Gasteiger charge is 2.21. The number of rotatable bonds is 15. The monoisotopic (exact) mass is 668 g/mol. The van der Waals surface area contributed by atoms with Crippen LogP contribution in [0.2, 0.25) is 0 Å². The number of nitrogens with zero attached hydrogens (tertiary/aromatic N) is 3. The summed E-state index contributed by atoms with van der Waals surface area (Å²) in [6, 6.07) is 17.6. The predicted octanol–water partition coefficient (Wildman–Crippen LogP) is 11.4. The third-order valence-corrected chi connectivity index (χ3v) is 9.79. The van der Waals surface area contributed by atoms with Gasteiger partial charge in [0.15, 0.2) is 0 Å². The van der Waals surface area contributed by atoms with Crippen LogP contribution in [-0.4, -0.2) is 36.9 Å². The molecule has 0 aliphatic carbocycles. The van der Waals surface area contributed by atoms with Crippen molar-refractivity contribution in [1.29, 1.82) is 0 Å². The van der Waals surface area contributed by atoms with Crippen molar-refractivity contribution in [3.8, 4) is 23.7 Å². The Labute approximate surface area is 304 Å². The Hall–Kier alpha value is -4.41. The van der Waals surface area contributed by atoms with E-state index in [9.17, 15) is 0 Å². The molecular weight excluding hydrogens is 609 g/mol. The fraction of sp³-hybridized carbons (Fsp3) is 0.457. The van der Waals surface area contributed by atoms with Crippen LogP contribution < -0.4 is 9.80 Å². The average molecular weight is 669 g/mol. The lowest BCUT2D eigenvalue weighted by molar-refractivity contribution is 0.678. The molecule has 0 fully saturated rings. The Bertz CT molecular complexity index is 1770. The Morgan fingerprint density at radius 3 is 1.50 bits per heavy atom. The molecule has 0 saturated heterocycles. The van der Waals surface area contributed by atoms with E-state index < -0.39 is 0 Å². The molecule has 1 aliphatic rings. The second kappa shape index (κ2) is 19.1. The van der Waals surface area contributed by atoms with Gasteiger partial charge in [0, 0.05) is 65.6 Å². The van der Waals surface area contributed by atoms with Gasteiger partial charge in [-0.25, -0.2) is 0 Å². The number of nitrogens with one attached hydrogen (secondary N) is 1. The molecule has 264 valence electrons. The highest BCUT2D eigenvalue weighted by Crippen LogP contribution is 2.34. The summed E-state index contributed by atoms with van der Waals surface area (Å²) in [7, 11) is 0. The molecule has 0 radical (unpaired) electrons. The SMILES string of the molecule is CCCCN(CCCC)c1ccc(C#CC2=C(C)/C(=C(/C)c3[nH]c(C)c(C#Cc4ccc(N(CCCC)CCCC)cc4)c3C)N=C2C)cc1. The minimum atomic E-state index is 0.971. The number of allylic oxidation sites excluding steroid dienone is 3. The first-order valence-electron chi connectivity index (χ1n) is 19.1. The summed E-state index contributed by atoms with van der Waals surface area (Å²) in [5.41, 5.74) is 14.3. The quantitative estimate of drug-likeness (QED) is 0.164. The molecule has 4 nitrogen and oxygen atoms in total. The summed E-state index contributed by atoms with van der Waals surface area (Å²) >= 11 is 0. The van der Waals surface area contributed by atoms with Gasteiger partial charge in [0.2, 0.25) is 0 Å². The number of unbranched alkanes of at least 4 members (excludes halogenated alkanes) is 4. The van der Waals surface area contributed by atoms with Crippen LogP contribution in [0.25, 0.3) is 5.57 Å². The normalized spacial score (nSPS) is 13.4. The third-order valence-electron chi connectivity index (χ3n) is 9.79. The summed E-state index contributed by atoms with van der Waals surface area (Å²) in [5, 5.41) is 0. The second-order valence-electron chi connectivity index (χ2n) is 13.8. The molecule has 4 rings (SSSR count). The van der Waals surface area contributed by atoms with Crippen molar-refractivity contribution in [2.45, 2.75) is 114 Å². The standard InChI is InChI=1S/C46H60N4/c1-10-14-30-49(31-15-11-2)41-24-18-39(19-25-41)22-28-43-34(5)45(47-37(43)8)36(7)46-35(6)44(38(9)48-46)29-23-40-20-26-42(27-21-40)50(32-16-12-3)33-17-13-4/h18-21,24-27,47H,10-17,30-33H2,1-9H3/b46-36+. The minimum Gasteiger partial charge on any atom is -0.372 e. The van der Waals surface area contributed by atoms with Crippen LogP contribution in [0.1, 0.15) is 133 Å². The number of aromatic nitrogens is 1. The molecule has 0 unspecified atom stereocenters. The molecule has 0 saturated carbocycles.